The highest BCUT2D eigenvalue weighted by atomic mass is 32.2. The van der Waals surface area contributed by atoms with E-state index in [0.717, 1.165) is 12.0 Å². The van der Waals surface area contributed by atoms with Crippen LogP contribution in [0.2, 0.25) is 0 Å². The van der Waals surface area contributed by atoms with Crippen LogP contribution in [0.25, 0.3) is 0 Å². The first-order valence-electron chi connectivity index (χ1n) is 6.40. The van der Waals surface area contributed by atoms with Crippen molar-refractivity contribution in [3.63, 3.8) is 0 Å². The van der Waals surface area contributed by atoms with E-state index >= 15 is 0 Å². The zero-order valence-corrected chi connectivity index (χ0v) is 13.4. The molecule has 0 aliphatic heterocycles. The molecule has 0 aromatic heterocycles. The fourth-order valence-electron chi connectivity index (χ4n) is 1.83. The summed E-state index contributed by atoms with van der Waals surface area (Å²) in [6.45, 7) is 9.38. The summed E-state index contributed by atoms with van der Waals surface area (Å²) >= 11 is 0. The molecule has 108 valence electrons. The molecule has 1 rings (SSSR count). The molecule has 0 aliphatic rings. The highest BCUT2D eigenvalue weighted by molar-refractivity contribution is 7.89. The minimum Gasteiger partial charge on any atom is -0.397 e. The molecular weight excluding hydrogens is 260 g/mol. The van der Waals surface area contributed by atoms with E-state index in [1.807, 2.05) is 33.8 Å². The van der Waals surface area contributed by atoms with Gasteiger partial charge in [0.1, 0.15) is 4.90 Å². The van der Waals surface area contributed by atoms with Crippen LogP contribution < -0.4 is 5.73 Å². The number of rotatable bonds is 4. The lowest BCUT2D eigenvalue weighted by Gasteiger charge is -2.34. The second kappa shape index (κ2) is 5.13. The van der Waals surface area contributed by atoms with Gasteiger partial charge in [-0.15, -0.1) is 0 Å². The molecule has 0 aliphatic carbocycles. The highest BCUT2D eigenvalue weighted by Gasteiger charge is 2.34. The maximum atomic E-state index is 12.8. The first-order valence-corrected chi connectivity index (χ1v) is 7.84. The summed E-state index contributed by atoms with van der Waals surface area (Å²) in [5, 5.41) is 0. The lowest BCUT2D eigenvalue weighted by Crippen LogP contribution is -2.44. The fraction of sp³-hybridized carbons (Fsp3) is 0.571. The van der Waals surface area contributed by atoms with Crippen LogP contribution in [0.15, 0.2) is 17.0 Å². The quantitative estimate of drug-likeness (QED) is 0.865. The topological polar surface area (TPSA) is 63.4 Å². The molecule has 0 radical (unpaired) electrons. The molecule has 19 heavy (non-hydrogen) atoms. The van der Waals surface area contributed by atoms with Crippen molar-refractivity contribution in [2.24, 2.45) is 0 Å². The third-order valence-corrected chi connectivity index (χ3v) is 6.22. The van der Waals surface area contributed by atoms with Crippen molar-refractivity contribution in [2.75, 3.05) is 12.8 Å². The third kappa shape index (κ3) is 2.77. The van der Waals surface area contributed by atoms with Gasteiger partial charge >= 0.3 is 0 Å². The van der Waals surface area contributed by atoms with Crippen molar-refractivity contribution in [3.05, 3.63) is 23.3 Å². The van der Waals surface area contributed by atoms with E-state index in [9.17, 15) is 8.42 Å². The molecule has 0 bridgehead atoms. The average Bonchev–Trinajstić information content (AvgIpc) is 2.33. The second-order valence-corrected chi connectivity index (χ2v) is 7.49. The maximum Gasteiger partial charge on any atom is 0.245 e. The highest BCUT2D eigenvalue weighted by Crippen LogP contribution is 2.32. The number of sulfonamides is 1. The summed E-state index contributed by atoms with van der Waals surface area (Å²) in [4.78, 5) is 0.233. The molecular formula is C14H24N2O2S. The maximum absolute atomic E-state index is 12.8. The summed E-state index contributed by atoms with van der Waals surface area (Å²) in [6, 6.07) is 3.64. The van der Waals surface area contributed by atoms with Crippen molar-refractivity contribution in [2.45, 2.75) is 51.5 Å². The van der Waals surface area contributed by atoms with Gasteiger partial charge in [-0.3, -0.25) is 0 Å². The van der Waals surface area contributed by atoms with Gasteiger partial charge in [0.05, 0.1) is 5.69 Å². The lowest BCUT2D eigenvalue weighted by atomic mass is 10.0. The fourth-order valence-corrected chi connectivity index (χ4v) is 3.80. The Hall–Kier alpha value is -1.07. The Labute approximate surface area is 116 Å². The Bertz CT molecular complexity index is 577. The van der Waals surface area contributed by atoms with Gasteiger partial charge in [0.15, 0.2) is 0 Å². The lowest BCUT2D eigenvalue weighted by molar-refractivity contribution is 0.257. The normalized spacial score (nSPS) is 13.0. The predicted octanol–water partition coefficient (Wildman–Crippen LogP) is 2.69. The van der Waals surface area contributed by atoms with Crippen LogP contribution in [0.3, 0.4) is 0 Å². The van der Waals surface area contributed by atoms with E-state index < -0.39 is 15.6 Å². The molecule has 1 aromatic rings. The molecule has 5 heteroatoms. The molecule has 0 fully saturated rings. The molecule has 0 heterocycles. The number of nitrogen functional groups attached to an aromatic ring is 1. The van der Waals surface area contributed by atoms with Crippen LogP contribution in [-0.2, 0) is 10.0 Å². The Kier molecular flexibility index (Phi) is 4.32. The van der Waals surface area contributed by atoms with Crippen LogP contribution >= 0.6 is 0 Å². The molecule has 0 unspecified atom stereocenters. The van der Waals surface area contributed by atoms with Gasteiger partial charge in [0, 0.05) is 12.6 Å². The van der Waals surface area contributed by atoms with E-state index in [1.54, 1.807) is 20.0 Å². The van der Waals surface area contributed by atoms with E-state index in [-0.39, 0.29) is 4.90 Å². The molecule has 1 aromatic carbocycles. The summed E-state index contributed by atoms with van der Waals surface area (Å²) in [5.74, 6) is 0. The number of nitrogens with zero attached hydrogens (tertiary/aromatic N) is 1. The SMILES string of the molecule is CCC(C)(C)N(C)S(=O)(=O)c1c(C)ccc(C)c1N. The molecule has 0 amide bonds. The van der Waals surface area contributed by atoms with Gasteiger partial charge in [-0.05, 0) is 45.2 Å². The van der Waals surface area contributed by atoms with Crippen LogP contribution in [0, 0.1) is 13.8 Å². The summed E-state index contributed by atoms with van der Waals surface area (Å²) in [6.07, 6.45) is 0.730. The number of nitrogens with two attached hydrogens (primary N) is 1. The Morgan fingerprint density at radius 2 is 1.68 bits per heavy atom. The molecule has 0 saturated carbocycles. The Balaban J connectivity index is 3.49. The van der Waals surface area contributed by atoms with E-state index in [0.29, 0.717) is 11.3 Å². The van der Waals surface area contributed by atoms with Crippen molar-refractivity contribution < 1.29 is 8.42 Å². The molecule has 2 N–H and O–H groups in total. The van der Waals surface area contributed by atoms with Crippen LogP contribution in [-0.4, -0.2) is 25.3 Å². The van der Waals surface area contributed by atoms with E-state index in [1.165, 1.54) is 4.31 Å². The molecule has 0 atom stereocenters. The van der Waals surface area contributed by atoms with Gasteiger partial charge in [-0.2, -0.15) is 4.31 Å². The molecule has 4 nitrogen and oxygen atoms in total. The number of anilines is 1. The molecule has 0 saturated heterocycles. The van der Waals surface area contributed by atoms with Crippen LogP contribution in [0.1, 0.15) is 38.3 Å². The van der Waals surface area contributed by atoms with E-state index in [4.69, 9.17) is 5.73 Å². The predicted molar refractivity (Wildman–Crippen MR) is 79.6 cm³/mol. The zero-order valence-electron chi connectivity index (χ0n) is 12.6. The Morgan fingerprint density at radius 3 is 2.16 bits per heavy atom. The smallest absolute Gasteiger partial charge is 0.245 e. The number of benzene rings is 1. The van der Waals surface area contributed by atoms with Gasteiger partial charge in [-0.25, -0.2) is 8.42 Å². The van der Waals surface area contributed by atoms with Crippen LogP contribution in [0.4, 0.5) is 5.69 Å². The van der Waals surface area contributed by atoms with Crippen molar-refractivity contribution in [1.82, 2.24) is 4.31 Å². The van der Waals surface area contributed by atoms with Crippen molar-refractivity contribution >= 4 is 15.7 Å². The zero-order chi connectivity index (χ0) is 15.0. The average molecular weight is 284 g/mol. The summed E-state index contributed by atoms with van der Waals surface area (Å²) in [5.41, 5.74) is 7.36. The first-order chi connectivity index (χ1) is 8.55. The number of hydrogen-bond acceptors (Lipinski definition) is 3. The second-order valence-electron chi connectivity index (χ2n) is 5.58. The third-order valence-electron chi connectivity index (χ3n) is 3.95. The standard InChI is InChI=1S/C14H24N2O2S/c1-7-14(4,5)16(6)19(17,18)13-11(3)9-8-10(2)12(13)15/h8-9H,7,15H2,1-6H3. The largest absolute Gasteiger partial charge is 0.397 e. The molecule has 0 spiro atoms. The minimum atomic E-state index is -3.58. The Morgan fingerprint density at radius 1 is 1.21 bits per heavy atom. The van der Waals surface area contributed by atoms with Crippen molar-refractivity contribution in [3.8, 4) is 0 Å². The number of aryl methyl sites for hydroxylation is 2. The first kappa shape index (κ1) is 16.0. The van der Waals surface area contributed by atoms with E-state index in [2.05, 4.69) is 0 Å². The number of hydrogen-bond donors (Lipinski definition) is 1. The summed E-state index contributed by atoms with van der Waals surface area (Å²) in [7, 11) is -1.97. The minimum absolute atomic E-state index is 0.233. The van der Waals surface area contributed by atoms with Crippen molar-refractivity contribution in [1.29, 1.82) is 0 Å². The monoisotopic (exact) mass is 284 g/mol. The van der Waals surface area contributed by atoms with Gasteiger partial charge < -0.3 is 5.73 Å². The van der Waals surface area contributed by atoms with Gasteiger partial charge in [0.2, 0.25) is 10.0 Å². The van der Waals surface area contributed by atoms with Gasteiger partial charge in [0.25, 0.3) is 0 Å². The van der Waals surface area contributed by atoms with Crippen LogP contribution in [0.5, 0.6) is 0 Å². The van der Waals surface area contributed by atoms with Gasteiger partial charge in [-0.1, -0.05) is 19.1 Å². The summed E-state index contributed by atoms with van der Waals surface area (Å²) < 4.78 is 27.0.